The second-order valence-electron chi connectivity index (χ2n) is 18.2. The molecule has 0 unspecified atom stereocenters. The van der Waals surface area contributed by atoms with Crippen LogP contribution in [0.1, 0.15) is 54.2 Å². The van der Waals surface area contributed by atoms with E-state index in [0.29, 0.717) is 0 Å². The molecule has 0 radical (unpaired) electrons. The van der Waals surface area contributed by atoms with Crippen LogP contribution in [0.2, 0.25) is 0 Å². The molecule has 0 saturated heterocycles. The number of benzene rings is 9. The number of rotatable bonds is 7. The lowest BCUT2D eigenvalue weighted by molar-refractivity contribution is 0.660. The van der Waals surface area contributed by atoms with Gasteiger partial charge in [0.1, 0.15) is 0 Å². The Kier molecular flexibility index (Phi) is 8.26. The molecule has 0 aromatic heterocycles. The van der Waals surface area contributed by atoms with Crippen molar-refractivity contribution in [3.63, 3.8) is 0 Å². The summed E-state index contributed by atoms with van der Waals surface area (Å²) in [5.74, 6) is 0. The van der Waals surface area contributed by atoms with Crippen molar-refractivity contribution in [2.24, 2.45) is 0 Å². The molecule has 300 valence electrons. The van der Waals surface area contributed by atoms with Crippen LogP contribution < -0.4 is 25.6 Å². The Morgan fingerprint density at radius 3 is 1.49 bits per heavy atom. The fourth-order valence-corrected chi connectivity index (χ4v) is 17.0. The molecule has 3 aliphatic rings. The van der Waals surface area contributed by atoms with E-state index in [1.54, 1.807) is 0 Å². The van der Waals surface area contributed by atoms with E-state index in [2.05, 4.69) is 245 Å². The SMILES string of the molecule is C=Cc1cc(N(c2ccc(C3(C)c4ccccc4-c4ccccc43)cc2)c2ccc3c(c2)C(C)(C)c2ccccc2-3)cc([Si]2(c3ccccc3)c3ccccc3-c3ccccc32)c1. The van der Waals surface area contributed by atoms with Gasteiger partial charge in [0.15, 0.2) is 8.07 Å². The lowest BCUT2D eigenvalue weighted by Crippen LogP contribution is -2.72. The number of anilines is 3. The highest BCUT2D eigenvalue weighted by atomic mass is 28.3. The van der Waals surface area contributed by atoms with Gasteiger partial charge in [0, 0.05) is 27.9 Å². The largest absolute Gasteiger partial charge is 0.310 e. The molecule has 0 saturated carbocycles. The van der Waals surface area contributed by atoms with Gasteiger partial charge in [-0.3, -0.25) is 0 Å². The van der Waals surface area contributed by atoms with Crippen LogP contribution in [0.5, 0.6) is 0 Å². The average Bonchev–Trinajstić information content (AvgIpc) is 3.88. The van der Waals surface area contributed by atoms with E-state index in [0.717, 1.165) is 22.6 Å². The molecular weight excluding hydrogens is 775 g/mol. The van der Waals surface area contributed by atoms with Crippen molar-refractivity contribution >= 4 is 52.0 Å². The van der Waals surface area contributed by atoms with E-state index in [1.807, 2.05) is 6.08 Å². The first kappa shape index (κ1) is 37.5. The normalized spacial score (nSPS) is 15.0. The summed E-state index contributed by atoms with van der Waals surface area (Å²) in [6.07, 6.45) is 2.03. The van der Waals surface area contributed by atoms with Gasteiger partial charge in [0.25, 0.3) is 0 Å². The van der Waals surface area contributed by atoms with E-state index >= 15 is 0 Å². The van der Waals surface area contributed by atoms with Crippen LogP contribution in [0.3, 0.4) is 0 Å². The number of hydrogen-bond donors (Lipinski definition) is 0. The Morgan fingerprint density at radius 1 is 0.397 bits per heavy atom. The topological polar surface area (TPSA) is 3.24 Å². The molecule has 2 heteroatoms. The Balaban J connectivity index is 1.09. The van der Waals surface area contributed by atoms with Crippen molar-refractivity contribution in [2.45, 2.75) is 31.6 Å². The number of hydrogen-bond acceptors (Lipinski definition) is 1. The van der Waals surface area contributed by atoms with Gasteiger partial charge >= 0.3 is 0 Å². The standard InChI is InChI=1S/C61H47NSi/c1-5-41-37-45(39-47(38-41)63(46-19-7-6-8-20-46)58-29-17-12-24-52(58)53-25-13-18-30-59(53)63)62(44-35-36-51-48-21-9-14-26-54(48)60(2,3)57(51)40-44)43-33-31-42(32-34-43)61(4)55-27-15-10-22-49(55)50-23-11-16-28-56(50)61/h5-40H,1H2,2-4H3. The molecule has 0 spiro atoms. The minimum absolute atomic E-state index is 0.148. The van der Waals surface area contributed by atoms with Crippen molar-refractivity contribution in [1.82, 2.24) is 0 Å². The fourth-order valence-electron chi connectivity index (χ4n) is 11.8. The highest BCUT2D eigenvalue weighted by molar-refractivity contribution is 7.22. The zero-order chi connectivity index (χ0) is 42.5. The molecule has 0 bridgehead atoms. The van der Waals surface area contributed by atoms with E-state index in [9.17, 15) is 0 Å². The zero-order valence-corrected chi connectivity index (χ0v) is 36.9. The maximum atomic E-state index is 4.42. The first-order valence-corrected chi connectivity index (χ1v) is 24.2. The van der Waals surface area contributed by atoms with Crippen LogP contribution >= 0.6 is 0 Å². The molecule has 9 aromatic rings. The molecule has 0 N–H and O–H groups in total. The zero-order valence-electron chi connectivity index (χ0n) is 35.9. The summed E-state index contributed by atoms with van der Waals surface area (Å²) in [4.78, 5) is 2.50. The van der Waals surface area contributed by atoms with Crippen molar-refractivity contribution < 1.29 is 0 Å². The predicted octanol–water partition coefficient (Wildman–Crippen LogP) is 12.8. The highest BCUT2D eigenvalue weighted by Gasteiger charge is 2.49. The van der Waals surface area contributed by atoms with Crippen LogP contribution in [0.25, 0.3) is 39.5 Å². The first-order chi connectivity index (χ1) is 30.8. The third kappa shape index (κ3) is 5.22. The van der Waals surface area contributed by atoms with Gasteiger partial charge in [-0.2, -0.15) is 0 Å². The monoisotopic (exact) mass is 821 g/mol. The van der Waals surface area contributed by atoms with Gasteiger partial charge in [-0.05, 0) is 131 Å². The van der Waals surface area contributed by atoms with Crippen molar-refractivity contribution in [3.05, 3.63) is 252 Å². The summed E-state index contributed by atoms with van der Waals surface area (Å²) >= 11 is 0. The molecule has 0 atom stereocenters. The second-order valence-corrected chi connectivity index (χ2v) is 22.0. The van der Waals surface area contributed by atoms with Gasteiger partial charge in [0.05, 0.1) is 0 Å². The summed E-state index contributed by atoms with van der Waals surface area (Å²) in [5, 5.41) is 5.60. The van der Waals surface area contributed by atoms with Crippen LogP contribution in [0.4, 0.5) is 17.1 Å². The summed E-state index contributed by atoms with van der Waals surface area (Å²) in [6.45, 7) is 11.6. The minimum atomic E-state index is -2.81. The van der Waals surface area contributed by atoms with Crippen LogP contribution in [0, 0.1) is 0 Å². The number of nitrogens with zero attached hydrogens (tertiary/aromatic N) is 1. The smallest absolute Gasteiger partial charge is 0.180 e. The minimum Gasteiger partial charge on any atom is -0.310 e. The van der Waals surface area contributed by atoms with E-state index < -0.39 is 8.07 Å². The Hall–Kier alpha value is -7.26. The summed E-state index contributed by atoms with van der Waals surface area (Å²) in [5.41, 5.74) is 18.7. The highest BCUT2D eigenvalue weighted by Crippen LogP contribution is 2.53. The molecule has 63 heavy (non-hydrogen) atoms. The molecule has 2 aliphatic carbocycles. The molecule has 9 aromatic carbocycles. The quantitative estimate of drug-likeness (QED) is 0.145. The molecule has 1 nitrogen and oxygen atoms in total. The maximum absolute atomic E-state index is 4.42. The average molecular weight is 822 g/mol. The predicted molar refractivity (Wildman–Crippen MR) is 269 cm³/mol. The van der Waals surface area contributed by atoms with Gasteiger partial charge < -0.3 is 4.90 Å². The van der Waals surface area contributed by atoms with Gasteiger partial charge in [-0.15, -0.1) is 0 Å². The summed E-state index contributed by atoms with van der Waals surface area (Å²) in [7, 11) is -2.81. The van der Waals surface area contributed by atoms with Crippen molar-refractivity contribution in [2.75, 3.05) is 4.90 Å². The summed E-state index contributed by atoms with van der Waals surface area (Å²) < 4.78 is 0. The van der Waals surface area contributed by atoms with Crippen molar-refractivity contribution in [3.8, 4) is 33.4 Å². The lowest BCUT2D eigenvalue weighted by Gasteiger charge is -2.34. The second kappa shape index (κ2) is 13.9. The summed E-state index contributed by atoms with van der Waals surface area (Å²) in [6, 6.07) is 80.2. The lowest BCUT2D eigenvalue weighted by atomic mass is 9.74. The Morgan fingerprint density at radius 2 is 0.889 bits per heavy atom. The van der Waals surface area contributed by atoms with Crippen LogP contribution in [0.15, 0.2) is 219 Å². The molecule has 1 heterocycles. The third-order valence-corrected chi connectivity index (χ3v) is 19.6. The maximum Gasteiger partial charge on any atom is 0.180 e. The molecule has 0 fully saturated rings. The molecule has 12 rings (SSSR count). The van der Waals surface area contributed by atoms with E-state index in [-0.39, 0.29) is 10.8 Å². The molecule has 1 aliphatic heterocycles. The van der Waals surface area contributed by atoms with Gasteiger partial charge in [-0.1, -0.05) is 202 Å². The van der Waals surface area contributed by atoms with Crippen LogP contribution in [-0.4, -0.2) is 8.07 Å². The third-order valence-electron chi connectivity index (χ3n) is 14.8. The Bertz CT molecular complexity index is 3210. The first-order valence-electron chi connectivity index (χ1n) is 22.2. The van der Waals surface area contributed by atoms with Gasteiger partial charge in [0.2, 0.25) is 0 Å². The van der Waals surface area contributed by atoms with E-state index in [4.69, 9.17) is 0 Å². The van der Waals surface area contributed by atoms with E-state index in [1.165, 1.54) is 81.9 Å². The molecule has 0 amide bonds. The van der Waals surface area contributed by atoms with Gasteiger partial charge in [-0.25, -0.2) is 0 Å². The fraction of sp³-hybridized carbons (Fsp3) is 0.0820. The Labute approximate surface area is 372 Å². The van der Waals surface area contributed by atoms with Crippen molar-refractivity contribution in [1.29, 1.82) is 0 Å². The van der Waals surface area contributed by atoms with Crippen LogP contribution in [-0.2, 0) is 10.8 Å². The molecular formula is C61H47NSi. The number of fused-ring (bicyclic) bond motifs is 9.